The van der Waals surface area contributed by atoms with Gasteiger partial charge in [0, 0.05) is 38.4 Å². The van der Waals surface area contributed by atoms with E-state index in [1.807, 2.05) is 6.07 Å². The Bertz CT molecular complexity index is 551. The third kappa shape index (κ3) is 2.91. The molecule has 1 saturated heterocycles. The van der Waals surface area contributed by atoms with E-state index in [-0.39, 0.29) is 12.4 Å². The molecule has 3 rings (SSSR count). The van der Waals surface area contributed by atoms with Gasteiger partial charge in [0.15, 0.2) is 0 Å². The number of nitrogens with zero attached hydrogens (tertiary/aromatic N) is 3. The number of hydrogen-bond donors (Lipinski definition) is 1. The predicted molar refractivity (Wildman–Crippen MR) is 79.9 cm³/mol. The van der Waals surface area contributed by atoms with Gasteiger partial charge in [0.05, 0.1) is 11.4 Å². The molecular weight excluding hydrogens is 260 g/mol. The molecule has 3 heterocycles. The van der Waals surface area contributed by atoms with Gasteiger partial charge < -0.3 is 9.72 Å². The van der Waals surface area contributed by atoms with Crippen molar-refractivity contribution in [2.75, 3.05) is 19.6 Å². The van der Waals surface area contributed by atoms with E-state index in [9.17, 15) is 0 Å². The van der Waals surface area contributed by atoms with Gasteiger partial charge in [-0.3, -0.25) is 4.90 Å². The van der Waals surface area contributed by atoms with Gasteiger partial charge in [-0.15, -0.1) is 12.4 Å². The predicted octanol–water partition coefficient (Wildman–Crippen LogP) is 1.86. The van der Waals surface area contributed by atoms with Gasteiger partial charge in [-0.05, 0) is 26.0 Å². The molecule has 0 aromatic carbocycles. The Kier molecular flexibility index (Phi) is 4.45. The van der Waals surface area contributed by atoms with E-state index in [0.29, 0.717) is 6.04 Å². The van der Waals surface area contributed by atoms with Crippen molar-refractivity contribution < 1.29 is 0 Å². The second-order valence-corrected chi connectivity index (χ2v) is 5.16. The number of fused-ring (bicyclic) bond motifs is 1. The van der Waals surface area contributed by atoms with E-state index in [2.05, 4.69) is 51.8 Å². The first kappa shape index (κ1) is 14.3. The standard InChI is InChI=1S/C14H20N4.ClH/c1-11-9-17(8-6-15-11)10-13-12(2)16-14-5-3-4-7-18(13)14;/h3-5,7,11,15H,6,8-10H2,1-2H3;1H. The van der Waals surface area contributed by atoms with E-state index < -0.39 is 0 Å². The molecule has 5 heteroatoms. The lowest BCUT2D eigenvalue weighted by molar-refractivity contribution is 0.197. The summed E-state index contributed by atoms with van der Waals surface area (Å²) in [7, 11) is 0. The molecule has 2 aromatic heterocycles. The number of aryl methyl sites for hydroxylation is 1. The number of rotatable bonds is 2. The summed E-state index contributed by atoms with van der Waals surface area (Å²) >= 11 is 0. The number of nitrogens with one attached hydrogen (secondary N) is 1. The van der Waals surface area contributed by atoms with Crippen LogP contribution < -0.4 is 5.32 Å². The Morgan fingerprint density at radius 1 is 1.42 bits per heavy atom. The average molecular weight is 281 g/mol. The molecule has 1 aliphatic heterocycles. The molecule has 0 saturated carbocycles. The Labute approximate surface area is 120 Å². The molecule has 4 nitrogen and oxygen atoms in total. The van der Waals surface area contributed by atoms with Crippen LogP contribution in [0.15, 0.2) is 24.4 Å². The minimum Gasteiger partial charge on any atom is -0.312 e. The number of halogens is 1. The minimum absolute atomic E-state index is 0. The first-order valence-corrected chi connectivity index (χ1v) is 6.62. The molecule has 1 unspecified atom stereocenters. The van der Waals surface area contributed by atoms with Gasteiger partial charge >= 0.3 is 0 Å². The maximum absolute atomic E-state index is 4.62. The van der Waals surface area contributed by atoms with Crippen molar-refractivity contribution in [3.63, 3.8) is 0 Å². The molecule has 0 spiro atoms. The zero-order valence-electron chi connectivity index (χ0n) is 11.5. The molecule has 0 aliphatic carbocycles. The largest absolute Gasteiger partial charge is 0.312 e. The maximum Gasteiger partial charge on any atom is 0.137 e. The smallest absolute Gasteiger partial charge is 0.137 e. The Morgan fingerprint density at radius 2 is 2.26 bits per heavy atom. The third-order valence-corrected chi connectivity index (χ3v) is 3.66. The molecule has 19 heavy (non-hydrogen) atoms. The van der Waals surface area contributed by atoms with Crippen LogP contribution in [0.1, 0.15) is 18.3 Å². The van der Waals surface area contributed by atoms with Crippen LogP contribution in [0.2, 0.25) is 0 Å². The van der Waals surface area contributed by atoms with Gasteiger partial charge in [0.25, 0.3) is 0 Å². The van der Waals surface area contributed by atoms with Gasteiger partial charge in [-0.25, -0.2) is 4.98 Å². The fraction of sp³-hybridized carbons (Fsp3) is 0.500. The van der Waals surface area contributed by atoms with Gasteiger partial charge in [0.2, 0.25) is 0 Å². The van der Waals surface area contributed by atoms with Crippen LogP contribution in [0, 0.1) is 6.92 Å². The fourth-order valence-electron chi connectivity index (χ4n) is 2.72. The normalized spacial score (nSPS) is 20.4. The molecular formula is C14H21ClN4. The highest BCUT2D eigenvalue weighted by atomic mass is 35.5. The van der Waals surface area contributed by atoms with Gasteiger partial charge in [-0.2, -0.15) is 0 Å². The van der Waals surface area contributed by atoms with E-state index >= 15 is 0 Å². The molecule has 1 N–H and O–H groups in total. The van der Waals surface area contributed by atoms with Crippen molar-refractivity contribution in [2.45, 2.75) is 26.4 Å². The summed E-state index contributed by atoms with van der Waals surface area (Å²) in [6, 6.07) is 6.76. The fourth-order valence-corrected chi connectivity index (χ4v) is 2.72. The van der Waals surface area contributed by atoms with Crippen LogP contribution in [-0.4, -0.2) is 40.0 Å². The van der Waals surface area contributed by atoms with Crippen molar-refractivity contribution in [1.29, 1.82) is 0 Å². The second kappa shape index (κ2) is 5.90. The summed E-state index contributed by atoms with van der Waals surface area (Å²) in [6.45, 7) is 8.64. The summed E-state index contributed by atoms with van der Waals surface area (Å²) in [5.41, 5.74) is 3.51. The monoisotopic (exact) mass is 280 g/mol. The average Bonchev–Trinajstić information content (AvgIpc) is 2.66. The molecule has 1 aliphatic rings. The lowest BCUT2D eigenvalue weighted by atomic mass is 10.2. The third-order valence-electron chi connectivity index (χ3n) is 3.66. The summed E-state index contributed by atoms with van der Waals surface area (Å²) in [5, 5.41) is 3.48. The highest BCUT2D eigenvalue weighted by Crippen LogP contribution is 2.15. The lowest BCUT2D eigenvalue weighted by Crippen LogP contribution is -2.48. The minimum atomic E-state index is 0. The first-order chi connectivity index (χ1) is 8.74. The van der Waals surface area contributed by atoms with E-state index in [1.54, 1.807) is 0 Å². The van der Waals surface area contributed by atoms with Crippen molar-refractivity contribution in [2.24, 2.45) is 0 Å². The van der Waals surface area contributed by atoms with Crippen molar-refractivity contribution in [1.82, 2.24) is 19.6 Å². The molecule has 2 aromatic rings. The zero-order chi connectivity index (χ0) is 12.5. The number of aromatic nitrogens is 2. The van der Waals surface area contributed by atoms with Gasteiger partial charge in [-0.1, -0.05) is 6.07 Å². The first-order valence-electron chi connectivity index (χ1n) is 6.62. The molecule has 0 amide bonds. The quantitative estimate of drug-likeness (QED) is 0.911. The summed E-state index contributed by atoms with van der Waals surface area (Å²) in [6.07, 6.45) is 2.11. The Balaban J connectivity index is 0.00000133. The highest BCUT2D eigenvalue weighted by molar-refractivity contribution is 5.85. The molecule has 1 atom stereocenters. The number of piperazine rings is 1. The van der Waals surface area contributed by atoms with E-state index in [1.165, 1.54) is 5.69 Å². The maximum atomic E-state index is 4.62. The van der Waals surface area contributed by atoms with Crippen LogP contribution in [0.25, 0.3) is 5.65 Å². The Morgan fingerprint density at radius 3 is 3.05 bits per heavy atom. The zero-order valence-corrected chi connectivity index (χ0v) is 12.3. The van der Waals surface area contributed by atoms with Crippen LogP contribution in [0.5, 0.6) is 0 Å². The number of imidazole rings is 1. The number of hydrogen-bond acceptors (Lipinski definition) is 3. The second-order valence-electron chi connectivity index (χ2n) is 5.16. The topological polar surface area (TPSA) is 32.6 Å². The van der Waals surface area contributed by atoms with Crippen LogP contribution in [0.3, 0.4) is 0 Å². The molecule has 104 valence electrons. The molecule has 0 bridgehead atoms. The highest BCUT2D eigenvalue weighted by Gasteiger charge is 2.18. The molecule has 0 radical (unpaired) electrons. The molecule has 1 fully saturated rings. The van der Waals surface area contributed by atoms with Crippen LogP contribution in [0.4, 0.5) is 0 Å². The Hall–Kier alpha value is -1.10. The van der Waals surface area contributed by atoms with Crippen molar-refractivity contribution >= 4 is 18.1 Å². The summed E-state index contributed by atoms with van der Waals surface area (Å²) in [5.74, 6) is 0. The summed E-state index contributed by atoms with van der Waals surface area (Å²) in [4.78, 5) is 7.12. The summed E-state index contributed by atoms with van der Waals surface area (Å²) < 4.78 is 2.21. The lowest BCUT2D eigenvalue weighted by Gasteiger charge is -2.31. The van der Waals surface area contributed by atoms with Crippen LogP contribution >= 0.6 is 12.4 Å². The number of pyridine rings is 1. The van der Waals surface area contributed by atoms with E-state index in [0.717, 1.165) is 37.5 Å². The van der Waals surface area contributed by atoms with Crippen molar-refractivity contribution in [3.8, 4) is 0 Å². The SMILES string of the molecule is Cc1nc2ccccn2c1CN1CCNC(C)C1.Cl. The van der Waals surface area contributed by atoms with Crippen LogP contribution in [-0.2, 0) is 6.54 Å². The van der Waals surface area contributed by atoms with Crippen molar-refractivity contribution in [3.05, 3.63) is 35.8 Å². The van der Waals surface area contributed by atoms with E-state index in [4.69, 9.17) is 0 Å². The van der Waals surface area contributed by atoms with Gasteiger partial charge in [0.1, 0.15) is 5.65 Å².